The van der Waals surface area contributed by atoms with Gasteiger partial charge in [-0.05, 0) is 25.0 Å². The average Bonchev–Trinajstić information content (AvgIpc) is 2.71. The smallest absolute Gasteiger partial charge is 0.0713 e. The third-order valence-corrected chi connectivity index (χ3v) is 3.83. The molecule has 1 aromatic rings. The molecule has 19 heavy (non-hydrogen) atoms. The third-order valence-electron chi connectivity index (χ3n) is 3.83. The molecular formula is C15H25N3O. The normalized spacial score (nSPS) is 26.8. The van der Waals surface area contributed by atoms with Gasteiger partial charge in [-0.15, -0.1) is 0 Å². The van der Waals surface area contributed by atoms with Crippen molar-refractivity contribution in [3.05, 3.63) is 35.4 Å². The van der Waals surface area contributed by atoms with Gasteiger partial charge >= 0.3 is 0 Å². The lowest BCUT2D eigenvalue weighted by atomic mass is 9.96. The summed E-state index contributed by atoms with van der Waals surface area (Å²) in [5.74, 6) is 0.627. The van der Waals surface area contributed by atoms with Crippen LogP contribution in [0.1, 0.15) is 25.0 Å². The summed E-state index contributed by atoms with van der Waals surface area (Å²) in [5.41, 5.74) is 9.12. The van der Waals surface area contributed by atoms with Gasteiger partial charge in [-0.2, -0.15) is 0 Å². The monoisotopic (exact) mass is 263 g/mol. The molecule has 1 fully saturated rings. The Kier molecular flexibility index (Phi) is 5.34. The van der Waals surface area contributed by atoms with Gasteiger partial charge in [0.2, 0.25) is 0 Å². The van der Waals surface area contributed by atoms with Crippen LogP contribution in [0.5, 0.6) is 0 Å². The number of hydrazine groups is 1. The lowest BCUT2D eigenvalue weighted by molar-refractivity contribution is 0.185. The summed E-state index contributed by atoms with van der Waals surface area (Å²) in [7, 11) is 1.73. The van der Waals surface area contributed by atoms with E-state index in [1.54, 1.807) is 7.11 Å². The molecule has 1 aromatic carbocycles. The summed E-state index contributed by atoms with van der Waals surface area (Å²) in [6, 6.07) is 9.58. The fraction of sp³-hybridized carbons (Fsp3) is 0.600. The average molecular weight is 263 g/mol. The van der Waals surface area contributed by atoms with Crippen molar-refractivity contribution < 1.29 is 4.74 Å². The molecule has 4 nitrogen and oxygen atoms in total. The first-order chi connectivity index (χ1) is 9.20. The van der Waals surface area contributed by atoms with E-state index in [9.17, 15) is 0 Å². The van der Waals surface area contributed by atoms with Gasteiger partial charge in [-0.25, -0.2) is 0 Å². The van der Waals surface area contributed by atoms with Gasteiger partial charge < -0.3 is 10.1 Å². The van der Waals surface area contributed by atoms with Gasteiger partial charge in [0.15, 0.2) is 0 Å². The second kappa shape index (κ2) is 7.01. The molecule has 3 N–H and O–H groups in total. The van der Waals surface area contributed by atoms with Crippen LogP contribution >= 0.6 is 0 Å². The molecule has 0 saturated carbocycles. The van der Waals surface area contributed by atoms with Crippen LogP contribution in [0.25, 0.3) is 0 Å². The summed E-state index contributed by atoms with van der Waals surface area (Å²) < 4.78 is 5.16. The van der Waals surface area contributed by atoms with Crippen LogP contribution < -0.4 is 16.2 Å². The zero-order valence-corrected chi connectivity index (χ0v) is 12.1. The molecule has 1 heterocycles. The molecule has 1 aliphatic heterocycles. The number of ether oxygens (including phenoxy) is 1. The first kappa shape index (κ1) is 14.5. The molecule has 4 heteroatoms. The Morgan fingerprint density at radius 1 is 1.16 bits per heavy atom. The highest BCUT2D eigenvalue weighted by molar-refractivity contribution is 5.22. The number of methoxy groups -OCH3 is 1. The number of hydrogen-bond donors (Lipinski definition) is 3. The van der Waals surface area contributed by atoms with Crippen LogP contribution in [-0.2, 0) is 17.9 Å². The Morgan fingerprint density at radius 3 is 2.53 bits per heavy atom. The molecule has 1 aliphatic rings. The van der Waals surface area contributed by atoms with Crippen molar-refractivity contribution in [1.82, 2.24) is 16.2 Å². The fourth-order valence-electron chi connectivity index (χ4n) is 2.64. The lowest BCUT2D eigenvalue weighted by Crippen LogP contribution is -2.33. The van der Waals surface area contributed by atoms with Crippen molar-refractivity contribution >= 4 is 0 Å². The number of hydrogen-bond acceptors (Lipinski definition) is 4. The van der Waals surface area contributed by atoms with Crippen LogP contribution in [0.2, 0.25) is 0 Å². The highest BCUT2D eigenvalue weighted by Gasteiger charge is 2.28. The summed E-state index contributed by atoms with van der Waals surface area (Å²) in [6.45, 7) is 7.06. The Labute approximate surface area is 115 Å². The SMILES string of the molecule is COCc1cccc(CNCC2C(C)NNC2C)c1. The largest absolute Gasteiger partial charge is 0.380 e. The fourth-order valence-corrected chi connectivity index (χ4v) is 2.64. The Hall–Kier alpha value is -0.940. The topological polar surface area (TPSA) is 45.3 Å². The zero-order chi connectivity index (χ0) is 13.7. The molecule has 0 aromatic heterocycles. The molecule has 2 atom stereocenters. The van der Waals surface area contributed by atoms with Gasteiger partial charge in [0.1, 0.15) is 0 Å². The lowest BCUT2D eigenvalue weighted by Gasteiger charge is -2.18. The van der Waals surface area contributed by atoms with E-state index in [1.165, 1.54) is 11.1 Å². The van der Waals surface area contributed by atoms with E-state index >= 15 is 0 Å². The first-order valence-corrected chi connectivity index (χ1v) is 6.99. The maximum absolute atomic E-state index is 5.16. The molecule has 106 valence electrons. The molecule has 2 rings (SSSR count). The molecule has 0 bridgehead atoms. The van der Waals surface area contributed by atoms with Crippen LogP contribution in [0.4, 0.5) is 0 Å². The Bertz CT molecular complexity index is 387. The van der Waals surface area contributed by atoms with E-state index in [0.29, 0.717) is 24.6 Å². The van der Waals surface area contributed by atoms with Crippen LogP contribution in [0.15, 0.2) is 24.3 Å². The van der Waals surface area contributed by atoms with E-state index in [-0.39, 0.29) is 0 Å². The Balaban J connectivity index is 1.80. The minimum atomic E-state index is 0.516. The predicted octanol–water partition coefficient (Wildman–Crippen LogP) is 1.42. The van der Waals surface area contributed by atoms with Gasteiger partial charge in [0.25, 0.3) is 0 Å². The summed E-state index contributed by atoms with van der Waals surface area (Å²) >= 11 is 0. The van der Waals surface area contributed by atoms with E-state index in [4.69, 9.17) is 4.74 Å². The van der Waals surface area contributed by atoms with Gasteiger partial charge in [-0.3, -0.25) is 10.9 Å². The molecule has 0 aliphatic carbocycles. The minimum absolute atomic E-state index is 0.516. The van der Waals surface area contributed by atoms with E-state index in [2.05, 4.69) is 54.3 Å². The highest BCUT2D eigenvalue weighted by Crippen LogP contribution is 2.13. The number of rotatable bonds is 6. The van der Waals surface area contributed by atoms with Gasteiger partial charge in [0, 0.05) is 38.2 Å². The molecule has 1 saturated heterocycles. The standard InChI is InChI=1S/C15H25N3O/c1-11-15(12(2)18-17-11)9-16-8-13-5-4-6-14(7-13)10-19-3/h4-7,11-12,15-18H,8-10H2,1-3H3. The quantitative estimate of drug-likeness (QED) is 0.726. The zero-order valence-electron chi connectivity index (χ0n) is 12.1. The highest BCUT2D eigenvalue weighted by atomic mass is 16.5. The van der Waals surface area contributed by atoms with Gasteiger partial charge in [-0.1, -0.05) is 24.3 Å². The molecular weight excluding hydrogens is 238 g/mol. The maximum Gasteiger partial charge on any atom is 0.0713 e. The van der Waals surface area contributed by atoms with E-state index in [0.717, 1.165) is 13.1 Å². The molecule has 0 amide bonds. The Morgan fingerprint density at radius 2 is 1.84 bits per heavy atom. The molecule has 0 radical (unpaired) electrons. The summed E-state index contributed by atoms with van der Waals surface area (Å²) in [6.07, 6.45) is 0. The second-order valence-electron chi connectivity index (χ2n) is 5.41. The summed E-state index contributed by atoms with van der Waals surface area (Å²) in [5, 5.41) is 3.55. The van der Waals surface area contributed by atoms with Crippen LogP contribution in [-0.4, -0.2) is 25.7 Å². The van der Waals surface area contributed by atoms with Gasteiger partial charge in [0.05, 0.1) is 6.61 Å². The number of nitrogens with one attached hydrogen (secondary N) is 3. The van der Waals surface area contributed by atoms with Crippen molar-refractivity contribution in [2.75, 3.05) is 13.7 Å². The summed E-state index contributed by atoms with van der Waals surface area (Å²) in [4.78, 5) is 0. The van der Waals surface area contributed by atoms with E-state index < -0.39 is 0 Å². The second-order valence-corrected chi connectivity index (χ2v) is 5.41. The van der Waals surface area contributed by atoms with Crippen molar-refractivity contribution in [2.45, 2.75) is 39.1 Å². The van der Waals surface area contributed by atoms with Crippen LogP contribution in [0.3, 0.4) is 0 Å². The third kappa shape index (κ3) is 4.01. The van der Waals surface area contributed by atoms with Crippen molar-refractivity contribution in [2.24, 2.45) is 5.92 Å². The van der Waals surface area contributed by atoms with Crippen molar-refractivity contribution in [3.8, 4) is 0 Å². The van der Waals surface area contributed by atoms with E-state index in [1.807, 2.05) is 0 Å². The number of benzene rings is 1. The first-order valence-electron chi connectivity index (χ1n) is 6.99. The van der Waals surface area contributed by atoms with Crippen molar-refractivity contribution in [3.63, 3.8) is 0 Å². The maximum atomic E-state index is 5.16. The predicted molar refractivity (Wildman–Crippen MR) is 77.5 cm³/mol. The van der Waals surface area contributed by atoms with Crippen LogP contribution in [0, 0.1) is 5.92 Å². The molecule has 2 unspecified atom stereocenters. The van der Waals surface area contributed by atoms with Crippen molar-refractivity contribution in [1.29, 1.82) is 0 Å². The molecule has 0 spiro atoms. The minimum Gasteiger partial charge on any atom is -0.380 e.